The van der Waals surface area contributed by atoms with Gasteiger partial charge in [-0.1, -0.05) is 68.0 Å². The highest BCUT2D eigenvalue weighted by Crippen LogP contribution is 2.11. The number of allylic oxidation sites excluding steroid dienone is 2. The first-order valence-corrected chi connectivity index (χ1v) is 7.06. The van der Waals surface area contributed by atoms with Crippen molar-refractivity contribution in [3.63, 3.8) is 0 Å². The molecule has 19 heavy (non-hydrogen) atoms. The van der Waals surface area contributed by atoms with Gasteiger partial charge >= 0.3 is 0 Å². The smallest absolute Gasteiger partial charge is 0.0175 e. The molecule has 0 spiro atoms. The zero-order valence-electron chi connectivity index (χ0n) is 12.9. The van der Waals surface area contributed by atoms with Crippen LogP contribution in [0.25, 0.3) is 6.08 Å². The van der Waals surface area contributed by atoms with E-state index in [1.165, 1.54) is 11.1 Å². The van der Waals surface area contributed by atoms with Gasteiger partial charge in [0.05, 0.1) is 0 Å². The molecular weight excluding hydrogens is 230 g/mol. The van der Waals surface area contributed by atoms with Crippen molar-refractivity contribution >= 4 is 6.08 Å². The molecule has 0 saturated heterocycles. The lowest BCUT2D eigenvalue weighted by atomic mass is 10.0. The minimum absolute atomic E-state index is 0.164. The quantitative estimate of drug-likeness (QED) is 0.756. The van der Waals surface area contributed by atoms with Crippen LogP contribution in [0, 0.1) is 5.92 Å². The van der Waals surface area contributed by atoms with Crippen molar-refractivity contribution in [3.8, 4) is 0 Å². The minimum Gasteiger partial charge on any atom is -0.308 e. The van der Waals surface area contributed by atoms with E-state index in [1.54, 1.807) is 0 Å². The molecule has 0 bridgehead atoms. The Hall–Kier alpha value is -1.34. The number of benzene rings is 1. The van der Waals surface area contributed by atoms with Crippen LogP contribution in [0.5, 0.6) is 0 Å². The van der Waals surface area contributed by atoms with E-state index in [4.69, 9.17) is 0 Å². The van der Waals surface area contributed by atoms with Crippen LogP contribution in [-0.2, 0) is 0 Å². The third kappa shape index (κ3) is 6.97. The summed E-state index contributed by atoms with van der Waals surface area (Å²) in [6.45, 7) is 12.0. The minimum atomic E-state index is 0.164. The number of hydrogen-bond donors (Lipinski definition) is 1. The highest BCUT2D eigenvalue weighted by Gasteiger charge is 2.10. The molecule has 0 aliphatic heterocycles. The van der Waals surface area contributed by atoms with E-state index in [2.05, 4.69) is 82.4 Å². The first-order valence-electron chi connectivity index (χ1n) is 7.06. The van der Waals surface area contributed by atoms with Gasteiger partial charge in [-0.05, 0) is 32.3 Å². The summed E-state index contributed by atoms with van der Waals surface area (Å²) in [7, 11) is 0. The molecule has 0 unspecified atom stereocenters. The fraction of sp³-hybridized carbons (Fsp3) is 0.444. The van der Waals surface area contributed by atoms with Crippen LogP contribution in [0.2, 0.25) is 0 Å². The summed E-state index contributed by atoms with van der Waals surface area (Å²) in [4.78, 5) is 0. The van der Waals surface area contributed by atoms with E-state index in [0.717, 1.165) is 6.54 Å². The summed E-state index contributed by atoms with van der Waals surface area (Å²) in [6, 6.07) is 10.4. The summed E-state index contributed by atoms with van der Waals surface area (Å²) < 4.78 is 0. The van der Waals surface area contributed by atoms with Crippen LogP contribution in [0.1, 0.15) is 40.2 Å². The summed E-state index contributed by atoms with van der Waals surface area (Å²) in [5.74, 6) is 0.565. The molecule has 0 aliphatic rings. The van der Waals surface area contributed by atoms with Gasteiger partial charge in [-0.15, -0.1) is 0 Å². The Labute approximate surface area is 118 Å². The van der Waals surface area contributed by atoms with Gasteiger partial charge in [-0.25, -0.2) is 0 Å². The third-order valence-corrected chi connectivity index (χ3v) is 2.96. The van der Waals surface area contributed by atoms with E-state index in [-0.39, 0.29) is 5.54 Å². The second kappa shape index (κ2) is 7.30. The molecule has 0 aliphatic carbocycles. The summed E-state index contributed by atoms with van der Waals surface area (Å²) in [5, 5.41) is 3.55. The van der Waals surface area contributed by atoms with Gasteiger partial charge in [0.2, 0.25) is 0 Å². The molecule has 1 aromatic rings. The fourth-order valence-electron chi connectivity index (χ4n) is 1.67. The van der Waals surface area contributed by atoms with Crippen LogP contribution in [0.3, 0.4) is 0 Å². The molecule has 0 fully saturated rings. The molecule has 1 heteroatoms. The van der Waals surface area contributed by atoms with Gasteiger partial charge in [0.25, 0.3) is 0 Å². The molecule has 1 N–H and O–H groups in total. The molecule has 1 nitrogen and oxygen atoms in total. The fourth-order valence-corrected chi connectivity index (χ4v) is 1.67. The van der Waals surface area contributed by atoms with Crippen molar-refractivity contribution in [1.82, 2.24) is 5.32 Å². The molecule has 0 aromatic heterocycles. The Morgan fingerprint density at radius 2 is 1.79 bits per heavy atom. The molecular formula is C18H27N. The summed E-state index contributed by atoms with van der Waals surface area (Å²) in [6.07, 6.45) is 6.53. The van der Waals surface area contributed by atoms with Crippen molar-refractivity contribution in [1.29, 1.82) is 0 Å². The van der Waals surface area contributed by atoms with Crippen LogP contribution >= 0.6 is 0 Å². The van der Waals surface area contributed by atoms with Crippen molar-refractivity contribution in [2.24, 2.45) is 5.92 Å². The van der Waals surface area contributed by atoms with Crippen molar-refractivity contribution in [3.05, 3.63) is 53.6 Å². The maximum Gasteiger partial charge on any atom is 0.0175 e. The Morgan fingerprint density at radius 3 is 2.32 bits per heavy atom. The molecule has 0 amide bonds. The zero-order chi connectivity index (χ0) is 14.3. The van der Waals surface area contributed by atoms with E-state index in [0.29, 0.717) is 5.92 Å². The first-order chi connectivity index (χ1) is 8.88. The average Bonchev–Trinajstić information content (AvgIpc) is 2.33. The molecule has 0 heterocycles. The van der Waals surface area contributed by atoms with Crippen LogP contribution in [0.15, 0.2) is 48.1 Å². The maximum absolute atomic E-state index is 3.55. The standard InChI is InChI=1S/C18H27N/c1-15(2)17(14-19-18(3,4)5)13-9-12-16-10-7-6-8-11-16/h6-13,15,19H,14H2,1-5H3. The topological polar surface area (TPSA) is 12.0 Å². The van der Waals surface area contributed by atoms with Crippen molar-refractivity contribution < 1.29 is 0 Å². The SMILES string of the molecule is CC(C)C(=CC=Cc1ccccc1)CNC(C)(C)C. The third-order valence-electron chi connectivity index (χ3n) is 2.96. The highest BCUT2D eigenvalue weighted by atomic mass is 14.9. The highest BCUT2D eigenvalue weighted by molar-refractivity contribution is 5.51. The van der Waals surface area contributed by atoms with Crippen LogP contribution in [-0.4, -0.2) is 12.1 Å². The number of rotatable bonds is 5. The molecule has 0 saturated carbocycles. The Bertz CT molecular complexity index is 419. The van der Waals surface area contributed by atoms with E-state index in [9.17, 15) is 0 Å². The lowest BCUT2D eigenvalue weighted by Crippen LogP contribution is -2.37. The van der Waals surface area contributed by atoms with Crippen molar-refractivity contribution in [2.75, 3.05) is 6.54 Å². The Balaban J connectivity index is 2.66. The van der Waals surface area contributed by atoms with Gasteiger partial charge in [-0.3, -0.25) is 0 Å². The molecule has 1 rings (SSSR count). The lowest BCUT2D eigenvalue weighted by Gasteiger charge is -2.23. The van der Waals surface area contributed by atoms with Gasteiger partial charge in [0, 0.05) is 12.1 Å². The van der Waals surface area contributed by atoms with Gasteiger partial charge in [0.1, 0.15) is 0 Å². The zero-order valence-corrected chi connectivity index (χ0v) is 12.9. The second-order valence-corrected chi connectivity index (χ2v) is 6.27. The number of nitrogens with one attached hydrogen (secondary N) is 1. The monoisotopic (exact) mass is 257 g/mol. The predicted molar refractivity (Wildman–Crippen MR) is 86.2 cm³/mol. The normalized spacial score (nSPS) is 13.5. The first kappa shape index (κ1) is 15.7. The van der Waals surface area contributed by atoms with E-state index < -0.39 is 0 Å². The summed E-state index contributed by atoms with van der Waals surface area (Å²) >= 11 is 0. The summed E-state index contributed by atoms with van der Waals surface area (Å²) in [5.41, 5.74) is 2.84. The van der Waals surface area contributed by atoms with E-state index in [1.807, 2.05) is 6.07 Å². The predicted octanol–water partition coefficient (Wildman–Crippen LogP) is 4.67. The Kier molecular flexibility index (Phi) is 6.04. The molecule has 0 atom stereocenters. The Morgan fingerprint density at radius 1 is 1.16 bits per heavy atom. The van der Waals surface area contributed by atoms with E-state index >= 15 is 0 Å². The average molecular weight is 257 g/mol. The molecule has 0 radical (unpaired) electrons. The molecule has 1 aromatic carbocycles. The maximum atomic E-state index is 3.55. The van der Waals surface area contributed by atoms with Crippen molar-refractivity contribution in [2.45, 2.75) is 40.2 Å². The van der Waals surface area contributed by atoms with Gasteiger partial charge < -0.3 is 5.32 Å². The van der Waals surface area contributed by atoms with Crippen LogP contribution < -0.4 is 5.32 Å². The lowest BCUT2D eigenvalue weighted by molar-refractivity contribution is 0.436. The largest absolute Gasteiger partial charge is 0.308 e. The molecule has 104 valence electrons. The van der Waals surface area contributed by atoms with Gasteiger partial charge in [0.15, 0.2) is 0 Å². The van der Waals surface area contributed by atoms with Crippen LogP contribution in [0.4, 0.5) is 0 Å². The number of hydrogen-bond acceptors (Lipinski definition) is 1. The van der Waals surface area contributed by atoms with Gasteiger partial charge in [-0.2, -0.15) is 0 Å². The second-order valence-electron chi connectivity index (χ2n) is 6.27.